The van der Waals surface area contributed by atoms with Crippen molar-refractivity contribution in [2.24, 2.45) is 5.92 Å². The van der Waals surface area contributed by atoms with Crippen LogP contribution in [0.3, 0.4) is 0 Å². The number of para-hydroxylation sites is 1. The molecule has 1 fully saturated rings. The quantitative estimate of drug-likeness (QED) is 0.858. The molecule has 2 aliphatic rings. The normalized spacial score (nSPS) is 22.5. The number of carbonyl (C=O) groups excluding carboxylic acids is 1. The molecule has 0 aliphatic carbocycles. The molecule has 6 heteroatoms. The van der Waals surface area contributed by atoms with Crippen LogP contribution in [-0.4, -0.2) is 54.3 Å². The number of hydrogen-bond acceptors (Lipinski definition) is 4. The molecule has 3 rings (SSSR count). The van der Waals surface area contributed by atoms with Gasteiger partial charge in [0, 0.05) is 19.7 Å². The molecule has 0 saturated carbocycles. The first-order valence-electron chi connectivity index (χ1n) is 8.46. The van der Waals surface area contributed by atoms with Gasteiger partial charge in [0.1, 0.15) is 12.4 Å². The van der Waals surface area contributed by atoms with Crippen molar-refractivity contribution in [3.8, 4) is 5.75 Å². The van der Waals surface area contributed by atoms with Crippen molar-refractivity contribution >= 4 is 11.9 Å². The third kappa shape index (κ3) is 4.06. The summed E-state index contributed by atoms with van der Waals surface area (Å²) in [5, 5.41) is 8.95. The summed E-state index contributed by atoms with van der Waals surface area (Å²) in [5.74, 6) is -0.375. The van der Waals surface area contributed by atoms with Crippen molar-refractivity contribution in [3.05, 3.63) is 29.8 Å². The van der Waals surface area contributed by atoms with Crippen LogP contribution in [0.25, 0.3) is 0 Å². The lowest BCUT2D eigenvalue weighted by molar-refractivity contribution is -0.141. The van der Waals surface area contributed by atoms with Gasteiger partial charge in [0.05, 0.1) is 18.4 Å². The van der Waals surface area contributed by atoms with E-state index in [4.69, 9.17) is 14.6 Å². The number of hydrogen-bond donors (Lipinski definition) is 1. The number of rotatable bonds is 6. The van der Waals surface area contributed by atoms with Crippen molar-refractivity contribution in [2.45, 2.75) is 31.8 Å². The predicted molar refractivity (Wildman–Crippen MR) is 86.9 cm³/mol. The lowest BCUT2D eigenvalue weighted by Crippen LogP contribution is -2.45. The molecular weight excluding hydrogens is 310 g/mol. The van der Waals surface area contributed by atoms with E-state index in [1.807, 2.05) is 24.3 Å². The molecule has 1 saturated heterocycles. The molecule has 1 N–H and O–H groups in total. The molecule has 0 aromatic heterocycles. The van der Waals surface area contributed by atoms with Gasteiger partial charge in [-0.25, -0.2) is 0 Å². The fraction of sp³-hybridized carbons (Fsp3) is 0.556. The van der Waals surface area contributed by atoms with Crippen LogP contribution in [0.15, 0.2) is 24.3 Å². The standard InChI is InChI=1S/C18H23NO5/c20-17(21)7-8-19(11-15-5-3-9-23-15)18(22)14-10-13-4-1-2-6-16(13)24-12-14/h1-2,4,6,14-15H,3,5,7-12H2,(H,20,21)/t14-,15-/m1/s1. The van der Waals surface area contributed by atoms with E-state index < -0.39 is 5.97 Å². The average molecular weight is 333 g/mol. The first-order valence-corrected chi connectivity index (χ1v) is 8.46. The van der Waals surface area contributed by atoms with Crippen LogP contribution >= 0.6 is 0 Å². The first kappa shape index (κ1) is 16.8. The maximum atomic E-state index is 12.9. The summed E-state index contributed by atoms with van der Waals surface area (Å²) < 4.78 is 11.3. The summed E-state index contributed by atoms with van der Waals surface area (Å²) in [6.07, 6.45) is 2.50. The van der Waals surface area contributed by atoms with Crippen LogP contribution in [-0.2, 0) is 20.7 Å². The van der Waals surface area contributed by atoms with Gasteiger partial charge >= 0.3 is 5.97 Å². The van der Waals surface area contributed by atoms with Gasteiger partial charge in [-0.3, -0.25) is 9.59 Å². The number of fused-ring (bicyclic) bond motifs is 1. The average Bonchev–Trinajstić information content (AvgIpc) is 3.10. The minimum Gasteiger partial charge on any atom is -0.492 e. The van der Waals surface area contributed by atoms with Gasteiger partial charge in [-0.1, -0.05) is 18.2 Å². The molecule has 2 atom stereocenters. The number of carboxylic acids is 1. The minimum absolute atomic E-state index is 0.0135. The number of nitrogens with zero attached hydrogens (tertiary/aromatic N) is 1. The molecule has 1 aromatic carbocycles. The van der Waals surface area contributed by atoms with E-state index in [0.29, 0.717) is 26.2 Å². The Bertz CT molecular complexity index is 597. The molecule has 1 amide bonds. The highest BCUT2D eigenvalue weighted by atomic mass is 16.5. The van der Waals surface area contributed by atoms with Crippen molar-refractivity contribution in [1.82, 2.24) is 4.90 Å². The Balaban J connectivity index is 1.66. The largest absolute Gasteiger partial charge is 0.492 e. The Labute approximate surface area is 141 Å². The molecule has 0 radical (unpaired) electrons. The smallest absolute Gasteiger partial charge is 0.305 e. The van der Waals surface area contributed by atoms with Crippen LogP contribution in [0.1, 0.15) is 24.8 Å². The van der Waals surface area contributed by atoms with Crippen LogP contribution in [0.5, 0.6) is 5.75 Å². The molecule has 1 aromatic rings. The Morgan fingerprint density at radius 2 is 2.12 bits per heavy atom. The van der Waals surface area contributed by atoms with Crippen LogP contribution in [0.4, 0.5) is 0 Å². The monoisotopic (exact) mass is 333 g/mol. The molecule has 0 bridgehead atoms. The molecule has 6 nitrogen and oxygen atoms in total. The molecular formula is C18H23NO5. The summed E-state index contributed by atoms with van der Waals surface area (Å²) in [5.41, 5.74) is 1.03. The van der Waals surface area contributed by atoms with Crippen molar-refractivity contribution < 1.29 is 24.2 Å². The molecule has 130 valence electrons. The predicted octanol–water partition coefficient (Wildman–Crippen LogP) is 1.72. The van der Waals surface area contributed by atoms with Crippen molar-refractivity contribution in [3.63, 3.8) is 0 Å². The summed E-state index contributed by atoms with van der Waals surface area (Å²) in [7, 11) is 0. The number of benzene rings is 1. The van der Waals surface area contributed by atoms with E-state index in [2.05, 4.69) is 0 Å². The molecule has 0 unspecified atom stereocenters. The van der Waals surface area contributed by atoms with Gasteiger partial charge in [0.2, 0.25) is 5.91 Å². The lowest BCUT2D eigenvalue weighted by Gasteiger charge is -2.31. The van der Waals surface area contributed by atoms with E-state index in [1.165, 1.54) is 0 Å². The number of amides is 1. The number of aliphatic carboxylic acids is 1. The number of carboxylic acid groups (broad SMARTS) is 1. The van der Waals surface area contributed by atoms with Crippen molar-refractivity contribution in [2.75, 3.05) is 26.3 Å². The van der Waals surface area contributed by atoms with Gasteiger partial charge < -0.3 is 19.5 Å². The zero-order valence-corrected chi connectivity index (χ0v) is 13.6. The van der Waals surface area contributed by atoms with E-state index in [9.17, 15) is 9.59 Å². The maximum Gasteiger partial charge on any atom is 0.305 e. The number of carbonyl (C=O) groups is 2. The Kier molecular flexibility index (Phi) is 5.35. The van der Waals surface area contributed by atoms with Gasteiger partial charge in [-0.2, -0.15) is 0 Å². The van der Waals surface area contributed by atoms with E-state index in [-0.39, 0.29) is 30.9 Å². The van der Waals surface area contributed by atoms with Gasteiger partial charge in [-0.15, -0.1) is 0 Å². The highest BCUT2D eigenvalue weighted by Gasteiger charge is 2.31. The van der Waals surface area contributed by atoms with Gasteiger partial charge in [0.25, 0.3) is 0 Å². The topological polar surface area (TPSA) is 76.1 Å². The Hall–Kier alpha value is -2.08. The second kappa shape index (κ2) is 7.66. The zero-order chi connectivity index (χ0) is 16.9. The van der Waals surface area contributed by atoms with Gasteiger partial charge in [0.15, 0.2) is 0 Å². The third-order valence-corrected chi connectivity index (χ3v) is 4.58. The molecule has 2 heterocycles. The zero-order valence-electron chi connectivity index (χ0n) is 13.6. The minimum atomic E-state index is -0.898. The first-order chi connectivity index (χ1) is 11.6. The molecule has 2 aliphatic heterocycles. The van der Waals surface area contributed by atoms with E-state index in [0.717, 1.165) is 24.2 Å². The van der Waals surface area contributed by atoms with Crippen molar-refractivity contribution in [1.29, 1.82) is 0 Å². The second-order valence-electron chi connectivity index (χ2n) is 6.38. The summed E-state index contributed by atoms with van der Waals surface area (Å²) >= 11 is 0. The Morgan fingerprint density at radius 3 is 2.88 bits per heavy atom. The summed E-state index contributed by atoms with van der Waals surface area (Å²) in [4.78, 5) is 25.5. The SMILES string of the molecule is O=C(O)CCN(C[C@H]1CCCO1)C(=O)[C@H]1COc2ccccc2C1. The number of ether oxygens (including phenoxy) is 2. The molecule has 0 spiro atoms. The van der Waals surface area contributed by atoms with Crippen LogP contribution in [0, 0.1) is 5.92 Å². The molecule has 24 heavy (non-hydrogen) atoms. The summed E-state index contributed by atoms with van der Waals surface area (Å²) in [6, 6.07) is 7.72. The Morgan fingerprint density at radius 1 is 1.29 bits per heavy atom. The fourth-order valence-electron chi connectivity index (χ4n) is 3.30. The highest BCUT2D eigenvalue weighted by molar-refractivity contribution is 5.80. The maximum absolute atomic E-state index is 12.9. The van der Waals surface area contributed by atoms with E-state index in [1.54, 1.807) is 4.90 Å². The summed E-state index contributed by atoms with van der Waals surface area (Å²) in [6.45, 7) is 1.73. The van der Waals surface area contributed by atoms with Crippen LogP contribution < -0.4 is 4.74 Å². The highest BCUT2D eigenvalue weighted by Crippen LogP contribution is 2.28. The third-order valence-electron chi connectivity index (χ3n) is 4.58. The second-order valence-corrected chi connectivity index (χ2v) is 6.38. The van der Waals surface area contributed by atoms with Crippen LogP contribution in [0.2, 0.25) is 0 Å². The lowest BCUT2D eigenvalue weighted by atomic mass is 9.95. The van der Waals surface area contributed by atoms with Gasteiger partial charge in [-0.05, 0) is 30.9 Å². The fourth-order valence-corrected chi connectivity index (χ4v) is 3.30. The van der Waals surface area contributed by atoms with E-state index >= 15 is 0 Å².